The summed E-state index contributed by atoms with van der Waals surface area (Å²) in [6.07, 6.45) is 0.445. The molecule has 0 heterocycles. The van der Waals surface area contributed by atoms with Gasteiger partial charge in [0.1, 0.15) is 0 Å². The van der Waals surface area contributed by atoms with Crippen molar-refractivity contribution < 1.29 is 24.4 Å². The molecular weight excluding hydrogens is 304 g/mol. The van der Waals surface area contributed by atoms with Gasteiger partial charge in [0, 0.05) is 12.6 Å². The van der Waals surface area contributed by atoms with E-state index < -0.39 is 29.3 Å². The molecule has 1 aromatic rings. The molecule has 1 atom stereocenters. The SMILES string of the molecule is CC(C)CC(CNC(=O)COc1ccccc1[N+](=O)[O-])C(=O)O. The van der Waals surface area contributed by atoms with Gasteiger partial charge in [0.05, 0.1) is 10.8 Å². The molecule has 0 fully saturated rings. The van der Waals surface area contributed by atoms with Crippen molar-refractivity contribution in [1.29, 1.82) is 0 Å². The number of para-hydroxylation sites is 2. The molecule has 23 heavy (non-hydrogen) atoms. The summed E-state index contributed by atoms with van der Waals surface area (Å²) < 4.78 is 5.13. The van der Waals surface area contributed by atoms with E-state index in [0.717, 1.165) is 0 Å². The number of carbonyl (C=O) groups is 2. The van der Waals surface area contributed by atoms with Crippen LogP contribution in [0.1, 0.15) is 20.3 Å². The van der Waals surface area contributed by atoms with E-state index in [2.05, 4.69) is 5.32 Å². The maximum atomic E-state index is 11.7. The molecule has 0 saturated heterocycles. The number of hydrogen-bond donors (Lipinski definition) is 2. The van der Waals surface area contributed by atoms with Crippen molar-refractivity contribution in [1.82, 2.24) is 5.32 Å². The van der Waals surface area contributed by atoms with Crippen LogP contribution in [-0.2, 0) is 9.59 Å². The molecule has 1 amide bonds. The molecule has 2 N–H and O–H groups in total. The number of benzene rings is 1. The molecule has 0 aliphatic heterocycles. The van der Waals surface area contributed by atoms with Crippen molar-refractivity contribution in [2.45, 2.75) is 20.3 Å². The lowest BCUT2D eigenvalue weighted by Crippen LogP contribution is -2.36. The first-order chi connectivity index (χ1) is 10.8. The Hall–Kier alpha value is -2.64. The van der Waals surface area contributed by atoms with Gasteiger partial charge in [0.2, 0.25) is 0 Å². The summed E-state index contributed by atoms with van der Waals surface area (Å²) in [4.78, 5) is 33.0. The van der Waals surface area contributed by atoms with Gasteiger partial charge in [0.15, 0.2) is 12.4 Å². The van der Waals surface area contributed by atoms with E-state index in [0.29, 0.717) is 6.42 Å². The van der Waals surface area contributed by atoms with Gasteiger partial charge in [-0.3, -0.25) is 19.7 Å². The van der Waals surface area contributed by atoms with Crippen LogP contribution < -0.4 is 10.1 Å². The first kappa shape index (κ1) is 18.4. The second-order valence-electron chi connectivity index (χ2n) is 5.48. The third-order valence-corrected chi connectivity index (χ3v) is 3.07. The topological polar surface area (TPSA) is 119 Å². The lowest BCUT2D eigenvalue weighted by Gasteiger charge is -2.15. The fourth-order valence-electron chi connectivity index (χ4n) is 2.00. The van der Waals surface area contributed by atoms with E-state index in [1.165, 1.54) is 18.2 Å². The second kappa shape index (κ2) is 8.72. The molecule has 0 saturated carbocycles. The molecule has 0 radical (unpaired) electrons. The average Bonchev–Trinajstić information content (AvgIpc) is 2.48. The fourth-order valence-corrected chi connectivity index (χ4v) is 2.00. The highest BCUT2D eigenvalue weighted by Gasteiger charge is 2.20. The predicted octanol–water partition coefficient (Wildman–Crippen LogP) is 1.84. The number of hydrogen-bond acceptors (Lipinski definition) is 5. The van der Waals surface area contributed by atoms with Crippen LogP contribution in [0.15, 0.2) is 24.3 Å². The quantitative estimate of drug-likeness (QED) is 0.528. The summed E-state index contributed by atoms with van der Waals surface area (Å²) >= 11 is 0. The first-order valence-electron chi connectivity index (χ1n) is 7.17. The third-order valence-electron chi connectivity index (χ3n) is 3.07. The molecule has 1 rings (SSSR count). The van der Waals surface area contributed by atoms with E-state index in [9.17, 15) is 19.7 Å². The van der Waals surface area contributed by atoms with Crippen LogP contribution >= 0.6 is 0 Å². The molecule has 0 spiro atoms. The van der Waals surface area contributed by atoms with Gasteiger partial charge in [-0.05, 0) is 18.4 Å². The molecule has 0 aromatic heterocycles. The lowest BCUT2D eigenvalue weighted by atomic mass is 9.97. The van der Waals surface area contributed by atoms with Gasteiger partial charge in [-0.25, -0.2) is 0 Å². The zero-order valence-electron chi connectivity index (χ0n) is 13.0. The monoisotopic (exact) mass is 324 g/mol. The Morgan fingerprint density at radius 2 is 2.00 bits per heavy atom. The van der Waals surface area contributed by atoms with Gasteiger partial charge >= 0.3 is 11.7 Å². The summed E-state index contributed by atoms with van der Waals surface area (Å²) in [5.41, 5.74) is -0.233. The molecule has 8 nitrogen and oxygen atoms in total. The zero-order chi connectivity index (χ0) is 17.4. The molecule has 1 unspecified atom stereocenters. The van der Waals surface area contributed by atoms with Gasteiger partial charge in [-0.1, -0.05) is 26.0 Å². The summed E-state index contributed by atoms with van der Waals surface area (Å²) in [6.45, 7) is 3.37. The first-order valence-corrected chi connectivity index (χ1v) is 7.17. The maximum absolute atomic E-state index is 11.7. The normalized spacial score (nSPS) is 11.8. The Morgan fingerprint density at radius 1 is 1.35 bits per heavy atom. The summed E-state index contributed by atoms with van der Waals surface area (Å²) in [5, 5.41) is 22.4. The number of nitrogens with zero attached hydrogens (tertiary/aromatic N) is 1. The average molecular weight is 324 g/mol. The van der Waals surface area contributed by atoms with E-state index in [1.807, 2.05) is 13.8 Å². The molecule has 0 aliphatic rings. The van der Waals surface area contributed by atoms with Crippen molar-refractivity contribution in [2.24, 2.45) is 11.8 Å². The van der Waals surface area contributed by atoms with Gasteiger partial charge in [-0.15, -0.1) is 0 Å². The van der Waals surface area contributed by atoms with E-state index in [-0.39, 0.29) is 23.9 Å². The Balaban J connectivity index is 2.51. The van der Waals surface area contributed by atoms with Crippen LogP contribution in [0.3, 0.4) is 0 Å². The van der Waals surface area contributed by atoms with Crippen molar-refractivity contribution in [3.05, 3.63) is 34.4 Å². The lowest BCUT2D eigenvalue weighted by molar-refractivity contribution is -0.385. The molecule has 0 aliphatic carbocycles. The number of rotatable bonds is 9. The van der Waals surface area contributed by atoms with Crippen molar-refractivity contribution in [3.63, 3.8) is 0 Å². The summed E-state index contributed by atoms with van der Waals surface area (Å²) in [7, 11) is 0. The Kier molecular flexibility index (Phi) is 6.98. The number of aliphatic carboxylic acids is 1. The minimum atomic E-state index is -0.974. The van der Waals surface area contributed by atoms with Crippen LogP contribution in [0, 0.1) is 22.0 Å². The van der Waals surface area contributed by atoms with Crippen LogP contribution in [0.5, 0.6) is 5.75 Å². The van der Waals surface area contributed by atoms with Gasteiger partial charge < -0.3 is 15.2 Å². The van der Waals surface area contributed by atoms with Crippen molar-refractivity contribution in [2.75, 3.05) is 13.2 Å². The smallest absolute Gasteiger partial charge is 0.310 e. The highest BCUT2D eigenvalue weighted by Crippen LogP contribution is 2.25. The number of nitro benzene ring substituents is 1. The third kappa shape index (κ3) is 6.33. The predicted molar refractivity (Wildman–Crippen MR) is 82.2 cm³/mol. The van der Waals surface area contributed by atoms with Crippen LogP contribution in [0.2, 0.25) is 0 Å². The summed E-state index contributed by atoms with van der Waals surface area (Å²) in [5.74, 6) is -2.00. The summed E-state index contributed by atoms with van der Waals surface area (Å²) in [6, 6.07) is 5.72. The minimum Gasteiger partial charge on any atom is -0.481 e. The molecule has 1 aromatic carbocycles. The maximum Gasteiger partial charge on any atom is 0.310 e. The van der Waals surface area contributed by atoms with Crippen LogP contribution in [0.25, 0.3) is 0 Å². The number of nitro groups is 1. The Labute approximate surface area is 133 Å². The van der Waals surface area contributed by atoms with Crippen LogP contribution in [0.4, 0.5) is 5.69 Å². The largest absolute Gasteiger partial charge is 0.481 e. The van der Waals surface area contributed by atoms with Crippen molar-refractivity contribution >= 4 is 17.6 Å². The number of amides is 1. The van der Waals surface area contributed by atoms with Crippen molar-refractivity contribution in [3.8, 4) is 5.75 Å². The number of carboxylic acid groups (broad SMARTS) is 1. The highest BCUT2D eigenvalue weighted by molar-refractivity contribution is 5.78. The number of nitrogens with one attached hydrogen (secondary N) is 1. The fraction of sp³-hybridized carbons (Fsp3) is 0.467. The highest BCUT2D eigenvalue weighted by atomic mass is 16.6. The van der Waals surface area contributed by atoms with E-state index in [1.54, 1.807) is 6.07 Å². The Bertz CT molecular complexity index is 573. The molecule has 0 bridgehead atoms. The molecular formula is C15H20N2O6. The number of carboxylic acids is 1. The Morgan fingerprint density at radius 3 is 2.57 bits per heavy atom. The zero-order valence-corrected chi connectivity index (χ0v) is 13.0. The standard InChI is InChI=1S/C15H20N2O6/c1-10(2)7-11(15(19)20)8-16-14(18)9-23-13-6-4-3-5-12(13)17(21)22/h3-6,10-11H,7-9H2,1-2H3,(H,16,18)(H,19,20). The minimum absolute atomic E-state index is 0.00735. The van der Waals surface area contributed by atoms with Gasteiger partial charge in [-0.2, -0.15) is 0 Å². The number of carbonyl (C=O) groups excluding carboxylic acids is 1. The van der Waals surface area contributed by atoms with E-state index >= 15 is 0 Å². The van der Waals surface area contributed by atoms with Crippen LogP contribution in [-0.4, -0.2) is 35.1 Å². The molecule has 8 heteroatoms. The second-order valence-corrected chi connectivity index (χ2v) is 5.48. The molecule has 126 valence electrons. The number of ether oxygens (including phenoxy) is 1. The van der Waals surface area contributed by atoms with Gasteiger partial charge in [0.25, 0.3) is 5.91 Å². The van der Waals surface area contributed by atoms with E-state index in [4.69, 9.17) is 9.84 Å².